The second kappa shape index (κ2) is 7.05. The number of rotatable bonds is 4. The standard InChI is InChI=1S/C20H20N2O3S/c1-13(23)21-16-4-5-17-15(9-20(24)25-19(17)10-16)11-22-7-2-3-18(22)14-6-8-26-12-14/h4-6,8-10,12,18H,2-3,7,11H2,1H3,(H,21,23)/t18-/m0/s1. The monoisotopic (exact) mass is 368 g/mol. The molecule has 1 amide bonds. The van der Waals surface area contributed by atoms with Crippen LogP contribution in [-0.4, -0.2) is 17.4 Å². The Bertz CT molecular complexity index is 994. The van der Waals surface area contributed by atoms with Gasteiger partial charge in [-0.15, -0.1) is 0 Å². The van der Waals surface area contributed by atoms with Crippen LogP contribution in [0.4, 0.5) is 5.69 Å². The normalized spacial score (nSPS) is 17.7. The number of carbonyl (C=O) groups excluding carboxylic acids is 1. The predicted octanol–water partition coefficient (Wildman–Crippen LogP) is 4.15. The van der Waals surface area contributed by atoms with E-state index in [1.54, 1.807) is 23.5 Å². The molecule has 5 nitrogen and oxygen atoms in total. The number of hydrogen-bond donors (Lipinski definition) is 1. The van der Waals surface area contributed by atoms with Gasteiger partial charge in [0.2, 0.25) is 5.91 Å². The second-order valence-electron chi connectivity index (χ2n) is 6.67. The van der Waals surface area contributed by atoms with Gasteiger partial charge in [-0.3, -0.25) is 9.69 Å². The maximum atomic E-state index is 12.1. The molecule has 1 N–H and O–H groups in total. The molecular formula is C20H20N2O3S. The molecule has 4 rings (SSSR count). The molecule has 3 aromatic rings. The minimum absolute atomic E-state index is 0.154. The first-order valence-corrected chi connectivity index (χ1v) is 9.65. The second-order valence-corrected chi connectivity index (χ2v) is 7.45. The zero-order valence-corrected chi connectivity index (χ0v) is 15.3. The van der Waals surface area contributed by atoms with Crippen molar-refractivity contribution in [2.24, 2.45) is 0 Å². The molecule has 1 aliphatic heterocycles. The summed E-state index contributed by atoms with van der Waals surface area (Å²) in [5.74, 6) is -0.154. The van der Waals surface area contributed by atoms with Gasteiger partial charge in [-0.2, -0.15) is 11.3 Å². The summed E-state index contributed by atoms with van der Waals surface area (Å²) in [6, 6.07) is 9.64. The lowest BCUT2D eigenvalue weighted by molar-refractivity contribution is -0.114. The summed E-state index contributed by atoms with van der Waals surface area (Å²) in [7, 11) is 0. The third-order valence-corrected chi connectivity index (χ3v) is 5.52. The molecule has 1 saturated heterocycles. The fourth-order valence-electron chi connectivity index (χ4n) is 3.72. The SMILES string of the molecule is CC(=O)Nc1ccc2c(CN3CCC[C@H]3c3ccsc3)cc(=O)oc2c1. The third kappa shape index (κ3) is 3.43. The molecule has 1 fully saturated rings. The smallest absolute Gasteiger partial charge is 0.336 e. The van der Waals surface area contributed by atoms with Gasteiger partial charge in [-0.25, -0.2) is 4.79 Å². The summed E-state index contributed by atoms with van der Waals surface area (Å²) in [5, 5.41) is 7.96. The molecule has 26 heavy (non-hydrogen) atoms. The first-order valence-electron chi connectivity index (χ1n) is 8.71. The third-order valence-electron chi connectivity index (χ3n) is 4.82. The first kappa shape index (κ1) is 17.0. The predicted molar refractivity (Wildman–Crippen MR) is 103 cm³/mol. The van der Waals surface area contributed by atoms with Crippen LogP contribution in [0.3, 0.4) is 0 Å². The molecule has 2 aromatic heterocycles. The van der Waals surface area contributed by atoms with Crippen molar-refractivity contribution in [2.45, 2.75) is 32.4 Å². The highest BCUT2D eigenvalue weighted by atomic mass is 32.1. The summed E-state index contributed by atoms with van der Waals surface area (Å²) >= 11 is 1.72. The molecule has 1 atom stereocenters. The van der Waals surface area contributed by atoms with Crippen LogP contribution in [0.15, 0.2) is 50.3 Å². The van der Waals surface area contributed by atoms with Crippen LogP contribution < -0.4 is 10.9 Å². The van der Waals surface area contributed by atoms with Gasteiger partial charge in [0, 0.05) is 42.7 Å². The van der Waals surface area contributed by atoms with E-state index in [0.29, 0.717) is 23.9 Å². The summed E-state index contributed by atoms with van der Waals surface area (Å²) in [5.41, 5.74) is 3.09. The number of nitrogens with zero attached hydrogens (tertiary/aromatic N) is 1. The largest absolute Gasteiger partial charge is 0.423 e. The Balaban J connectivity index is 1.67. The number of thiophene rings is 1. The van der Waals surface area contributed by atoms with E-state index in [4.69, 9.17) is 4.42 Å². The number of carbonyl (C=O) groups is 1. The Kier molecular flexibility index (Phi) is 4.61. The minimum atomic E-state index is -0.362. The summed E-state index contributed by atoms with van der Waals surface area (Å²) in [6.45, 7) is 3.18. The van der Waals surface area contributed by atoms with Crippen molar-refractivity contribution in [3.8, 4) is 0 Å². The fraction of sp³-hybridized carbons (Fsp3) is 0.300. The lowest BCUT2D eigenvalue weighted by atomic mass is 10.1. The van der Waals surface area contributed by atoms with Crippen molar-refractivity contribution in [1.29, 1.82) is 0 Å². The molecular weight excluding hydrogens is 348 g/mol. The summed E-state index contributed by atoms with van der Waals surface area (Å²) < 4.78 is 5.36. The number of hydrogen-bond acceptors (Lipinski definition) is 5. The number of fused-ring (bicyclic) bond motifs is 1. The van der Waals surface area contributed by atoms with Crippen LogP contribution in [-0.2, 0) is 11.3 Å². The molecule has 0 spiro atoms. The Labute approximate surface area is 155 Å². The zero-order chi connectivity index (χ0) is 18.1. The van der Waals surface area contributed by atoms with Crippen molar-refractivity contribution < 1.29 is 9.21 Å². The number of anilines is 1. The molecule has 0 aliphatic carbocycles. The van der Waals surface area contributed by atoms with Crippen LogP contribution in [0.25, 0.3) is 11.0 Å². The van der Waals surface area contributed by atoms with Crippen LogP contribution in [0.2, 0.25) is 0 Å². The average molecular weight is 368 g/mol. The van der Waals surface area contributed by atoms with Crippen molar-refractivity contribution in [3.63, 3.8) is 0 Å². The van der Waals surface area contributed by atoms with Crippen molar-refractivity contribution in [3.05, 3.63) is 62.6 Å². The van der Waals surface area contributed by atoms with E-state index in [1.807, 2.05) is 12.1 Å². The van der Waals surface area contributed by atoms with Crippen LogP contribution in [0, 0.1) is 0 Å². The van der Waals surface area contributed by atoms with E-state index >= 15 is 0 Å². The summed E-state index contributed by atoms with van der Waals surface area (Å²) in [6.07, 6.45) is 2.30. The molecule has 0 saturated carbocycles. The van der Waals surface area contributed by atoms with E-state index in [-0.39, 0.29) is 11.5 Å². The highest BCUT2D eigenvalue weighted by molar-refractivity contribution is 7.07. The van der Waals surface area contributed by atoms with Gasteiger partial charge in [0.05, 0.1) is 0 Å². The lowest BCUT2D eigenvalue weighted by Gasteiger charge is -2.24. The van der Waals surface area contributed by atoms with E-state index < -0.39 is 0 Å². The van der Waals surface area contributed by atoms with E-state index in [2.05, 4.69) is 27.0 Å². The Morgan fingerprint density at radius 3 is 3.00 bits per heavy atom. The van der Waals surface area contributed by atoms with Crippen LogP contribution in [0.5, 0.6) is 0 Å². The van der Waals surface area contributed by atoms with Crippen molar-refractivity contribution >= 4 is 33.9 Å². The van der Waals surface area contributed by atoms with Gasteiger partial charge < -0.3 is 9.73 Å². The van der Waals surface area contributed by atoms with Gasteiger partial charge >= 0.3 is 5.63 Å². The van der Waals surface area contributed by atoms with Gasteiger partial charge in [0.15, 0.2) is 0 Å². The van der Waals surface area contributed by atoms with Crippen molar-refractivity contribution in [2.75, 3.05) is 11.9 Å². The van der Waals surface area contributed by atoms with Gasteiger partial charge in [0.25, 0.3) is 0 Å². The molecule has 1 aliphatic rings. The zero-order valence-electron chi connectivity index (χ0n) is 14.5. The minimum Gasteiger partial charge on any atom is -0.423 e. The topological polar surface area (TPSA) is 62.6 Å². The number of nitrogens with one attached hydrogen (secondary N) is 1. The maximum absolute atomic E-state index is 12.1. The number of benzene rings is 1. The Morgan fingerprint density at radius 2 is 2.23 bits per heavy atom. The van der Waals surface area contributed by atoms with Gasteiger partial charge in [0.1, 0.15) is 5.58 Å². The van der Waals surface area contributed by atoms with Crippen molar-refractivity contribution in [1.82, 2.24) is 4.90 Å². The molecule has 1 aromatic carbocycles. The summed E-state index contributed by atoms with van der Waals surface area (Å²) in [4.78, 5) is 25.7. The maximum Gasteiger partial charge on any atom is 0.336 e. The quantitative estimate of drug-likeness (QED) is 0.703. The van der Waals surface area contributed by atoms with Crippen LogP contribution >= 0.6 is 11.3 Å². The molecule has 134 valence electrons. The molecule has 0 unspecified atom stereocenters. The fourth-order valence-corrected chi connectivity index (χ4v) is 4.43. The average Bonchev–Trinajstić information content (AvgIpc) is 3.24. The van der Waals surface area contributed by atoms with Gasteiger partial charge in [-0.1, -0.05) is 0 Å². The lowest BCUT2D eigenvalue weighted by Crippen LogP contribution is -2.23. The Morgan fingerprint density at radius 1 is 1.35 bits per heavy atom. The molecule has 0 radical (unpaired) electrons. The van der Waals surface area contributed by atoms with E-state index in [9.17, 15) is 9.59 Å². The number of amides is 1. The Hall–Kier alpha value is -2.44. The highest BCUT2D eigenvalue weighted by Crippen LogP contribution is 2.35. The van der Waals surface area contributed by atoms with Gasteiger partial charge in [-0.05, 0) is 59.5 Å². The van der Waals surface area contributed by atoms with E-state index in [1.165, 1.54) is 12.5 Å². The van der Waals surface area contributed by atoms with E-state index in [0.717, 1.165) is 30.3 Å². The molecule has 3 heterocycles. The highest BCUT2D eigenvalue weighted by Gasteiger charge is 2.26. The number of likely N-dealkylation sites (tertiary alicyclic amines) is 1. The first-order chi connectivity index (χ1) is 12.6. The molecule has 6 heteroatoms. The van der Waals surface area contributed by atoms with Crippen LogP contribution in [0.1, 0.15) is 36.9 Å². The molecule has 0 bridgehead atoms.